The van der Waals surface area contributed by atoms with E-state index in [1.165, 1.54) is 17.5 Å². The molecule has 1 amide bonds. The molecule has 3 aromatic heterocycles. The molecule has 1 aromatic carbocycles. The Morgan fingerprint density at radius 1 is 1.21 bits per heavy atom. The molecule has 142 valence electrons. The van der Waals surface area contributed by atoms with Crippen LogP contribution in [0.4, 0.5) is 18.9 Å². The first kappa shape index (κ1) is 18.2. The summed E-state index contributed by atoms with van der Waals surface area (Å²) < 4.78 is 42.2. The zero-order chi connectivity index (χ0) is 19.8. The molecule has 0 radical (unpaired) electrons. The fourth-order valence-corrected chi connectivity index (χ4v) is 3.52. The highest BCUT2D eigenvalue weighted by molar-refractivity contribution is 7.13. The number of nitrogens with one attached hydrogen (secondary N) is 1. The third-order valence-corrected chi connectivity index (χ3v) is 5.10. The second-order valence-electron chi connectivity index (χ2n) is 5.91. The third-order valence-electron chi connectivity index (χ3n) is 4.21. The van der Waals surface area contributed by atoms with E-state index in [1.807, 2.05) is 24.4 Å². The van der Waals surface area contributed by atoms with E-state index in [1.54, 1.807) is 10.7 Å². The van der Waals surface area contributed by atoms with Gasteiger partial charge >= 0.3 is 0 Å². The number of fused-ring (bicyclic) bond motifs is 1. The summed E-state index contributed by atoms with van der Waals surface area (Å²) in [6.45, 7) is 2.44. The van der Waals surface area contributed by atoms with Crippen molar-refractivity contribution < 1.29 is 18.0 Å². The van der Waals surface area contributed by atoms with Gasteiger partial charge < -0.3 is 5.32 Å². The smallest absolute Gasteiger partial charge is 0.256 e. The molecule has 0 saturated heterocycles. The number of amides is 1. The Balaban J connectivity index is 1.82. The fourth-order valence-electron chi connectivity index (χ4n) is 2.83. The number of benzene rings is 1. The van der Waals surface area contributed by atoms with Crippen molar-refractivity contribution in [2.45, 2.75) is 13.5 Å². The monoisotopic (exact) mass is 402 g/mol. The van der Waals surface area contributed by atoms with Gasteiger partial charge in [-0.25, -0.2) is 22.8 Å². The van der Waals surface area contributed by atoms with E-state index in [4.69, 9.17) is 0 Å². The van der Waals surface area contributed by atoms with Crippen LogP contribution in [0.25, 0.3) is 21.6 Å². The zero-order valence-electron chi connectivity index (χ0n) is 14.5. The van der Waals surface area contributed by atoms with Gasteiger partial charge in [0.15, 0.2) is 23.1 Å². The molecule has 0 spiro atoms. The molecule has 4 rings (SSSR count). The van der Waals surface area contributed by atoms with Gasteiger partial charge in [-0.3, -0.25) is 4.79 Å². The number of carbonyl (C=O) groups is 1. The molecular weight excluding hydrogens is 389 g/mol. The van der Waals surface area contributed by atoms with Gasteiger partial charge in [0.05, 0.1) is 33.4 Å². The van der Waals surface area contributed by atoms with E-state index < -0.39 is 29.0 Å². The summed E-state index contributed by atoms with van der Waals surface area (Å²) in [6.07, 6.45) is 1.50. The molecule has 0 aliphatic rings. The number of pyridine rings is 1. The molecular formula is C19H13F3N4OS. The normalized spacial score (nSPS) is 11.1. The lowest BCUT2D eigenvalue weighted by Crippen LogP contribution is -2.15. The highest BCUT2D eigenvalue weighted by atomic mass is 32.1. The Bertz CT molecular complexity index is 1190. The molecule has 9 heteroatoms. The minimum absolute atomic E-state index is 0.206. The van der Waals surface area contributed by atoms with Crippen LogP contribution in [0.1, 0.15) is 17.3 Å². The molecule has 0 atom stereocenters. The van der Waals surface area contributed by atoms with Gasteiger partial charge in [-0.15, -0.1) is 11.3 Å². The SMILES string of the molecule is CCn1ncc2c(C(=O)Nc3ccc(F)c(F)c3F)cc(-c3cccs3)nc21. The molecule has 1 N–H and O–H groups in total. The van der Waals surface area contributed by atoms with Gasteiger partial charge in [-0.1, -0.05) is 6.07 Å². The van der Waals surface area contributed by atoms with Gasteiger partial charge in [0, 0.05) is 6.54 Å². The lowest BCUT2D eigenvalue weighted by molar-refractivity contribution is 0.102. The molecule has 0 aliphatic carbocycles. The minimum Gasteiger partial charge on any atom is -0.319 e. The highest BCUT2D eigenvalue weighted by Crippen LogP contribution is 2.29. The van der Waals surface area contributed by atoms with Crippen molar-refractivity contribution in [1.82, 2.24) is 14.8 Å². The first-order chi connectivity index (χ1) is 13.5. The summed E-state index contributed by atoms with van der Waals surface area (Å²) >= 11 is 1.46. The molecule has 0 aliphatic heterocycles. The summed E-state index contributed by atoms with van der Waals surface area (Å²) in [4.78, 5) is 18.3. The lowest BCUT2D eigenvalue weighted by atomic mass is 10.1. The predicted molar refractivity (Wildman–Crippen MR) is 101 cm³/mol. The number of thiophene rings is 1. The zero-order valence-corrected chi connectivity index (χ0v) is 15.4. The van der Waals surface area contributed by atoms with Crippen LogP contribution in [0.2, 0.25) is 0 Å². The highest BCUT2D eigenvalue weighted by Gasteiger charge is 2.20. The van der Waals surface area contributed by atoms with Crippen molar-refractivity contribution in [3.05, 3.63) is 64.9 Å². The predicted octanol–water partition coefficient (Wildman–Crippen LogP) is 4.85. The topological polar surface area (TPSA) is 59.8 Å². The van der Waals surface area contributed by atoms with Crippen LogP contribution in [-0.4, -0.2) is 20.7 Å². The Morgan fingerprint density at radius 3 is 2.75 bits per heavy atom. The summed E-state index contributed by atoms with van der Waals surface area (Å²) in [5.74, 6) is -5.10. The molecule has 0 saturated carbocycles. The van der Waals surface area contributed by atoms with Gasteiger partial charge in [0.2, 0.25) is 0 Å². The van der Waals surface area contributed by atoms with E-state index in [9.17, 15) is 18.0 Å². The first-order valence-corrected chi connectivity index (χ1v) is 9.22. The van der Waals surface area contributed by atoms with E-state index in [-0.39, 0.29) is 5.56 Å². The Kier molecular flexibility index (Phi) is 4.60. The van der Waals surface area contributed by atoms with Crippen molar-refractivity contribution in [3.8, 4) is 10.6 Å². The first-order valence-electron chi connectivity index (χ1n) is 8.35. The average molecular weight is 402 g/mol. The third kappa shape index (κ3) is 3.03. The lowest BCUT2D eigenvalue weighted by Gasteiger charge is -2.10. The van der Waals surface area contributed by atoms with Gasteiger partial charge in [-0.2, -0.15) is 5.10 Å². The van der Waals surface area contributed by atoms with Crippen LogP contribution in [0.3, 0.4) is 0 Å². The fraction of sp³-hybridized carbons (Fsp3) is 0.105. The number of aromatic nitrogens is 3. The van der Waals surface area contributed by atoms with Crippen LogP contribution >= 0.6 is 11.3 Å². The molecule has 28 heavy (non-hydrogen) atoms. The number of rotatable bonds is 4. The molecule has 0 bridgehead atoms. The average Bonchev–Trinajstić information content (AvgIpc) is 3.37. The number of hydrogen-bond donors (Lipinski definition) is 1. The maximum atomic E-state index is 14.0. The van der Waals surface area contributed by atoms with Gasteiger partial charge in [-0.05, 0) is 36.6 Å². The van der Waals surface area contributed by atoms with Gasteiger partial charge in [0.1, 0.15) is 0 Å². The van der Waals surface area contributed by atoms with Crippen molar-refractivity contribution in [3.63, 3.8) is 0 Å². The summed E-state index contributed by atoms with van der Waals surface area (Å²) in [5.41, 5.74) is 0.824. The molecule has 0 fully saturated rings. The number of anilines is 1. The van der Waals surface area contributed by atoms with Crippen LogP contribution in [0.5, 0.6) is 0 Å². The second kappa shape index (κ2) is 7.08. The van der Waals surface area contributed by atoms with Gasteiger partial charge in [0.25, 0.3) is 5.91 Å². The largest absolute Gasteiger partial charge is 0.319 e. The van der Waals surface area contributed by atoms with Crippen molar-refractivity contribution >= 4 is 34.0 Å². The van der Waals surface area contributed by atoms with Crippen molar-refractivity contribution in [1.29, 1.82) is 0 Å². The number of carbonyl (C=O) groups excluding carboxylic acids is 1. The van der Waals surface area contributed by atoms with E-state index in [0.29, 0.717) is 23.3 Å². The number of halogens is 3. The quantitative estimate of drug-likeness (QED) is 0.497. The Morgan fingerprint density at radius 2 is 2.04 bits per heavy atom. The number of nitrogens with zero attached hydrogens (tertiary/aromatic N) is 3. The standard InChI is InChI=1S/C19H13F3N4OS/c1-2-26-18-11(9-23-26)10(8-14(24-18)15-4-3-7-28-15)19(27)25-13-6-5-12(20)16(21)17(13)22/h3-9H,2H2,1H3,(H,25,27). The maximum absolute atomic E-state index is 14.0. The van der Waals surface area contributed by atoms with Crippen LogP contribution in [0.15, 0.2) is 41.9 Å². The van der Waals surface area contributed by atoms with Crippen LogP contribution < -0.4 is 5.32 Å². The summed E-state index contributed by atoms with van der Waals surface area (Å²) in [5, 5.41) is 8.89. The summed E-state index contributed by atoms with van der Waals surface area (Å²) in [7, 11) is 0. The molecule has 3 heterocycles. The Labute approximate surface area is 161 Å². The maximum Gasteiger partial charge on any atom is 0.256 e. The molecule has 0 unspecified atom stereocenters. The molecule has 4 aromatic rings. The van der Waals surface area contributed by atoms with Crippen LogP contribution in [-0.2, 0) is 6.54 Å². The minimum atomic E-state index is -1.64. The van der Waals surface area contributed by atoms with Crippen molar-refractivity contribution in [2.24, 2.45) is 0 Å². The Hall–Kier alpha value is -3.20. The number of aryl methyl sites for hydroxylation is 1. The van der Waals surface area contributed by atoms with E-state index in [2.05, 4.69) is 15.4 Å². The summed E-state index contributed by atoms with van der Waals surface area (Å²) in [6, 6.07) is 7.02. The van der Waals surface area contributed by atoms with Crippen molar-refractivity contribution in [2.75, 3.05) is 5.32 Å². The molecule has 5 nitrogen and oxygen atoms in total. The van der Waals surface area contributed by atoms with Crippen LogP contribution in [0, 0.1) is 17.5 Å². The van der Waals surface area contributed by atoms with E-state index in [0.717, 1.165) is 17.0 Å². The second-order valence-corrected chi connectivity index (χ2v) is 6.85. The number of hydrogen-bond acceptors (Lipinski definition) is 4. The van der Waals surface area contributed by atoms with E-state index >= 15 is 0 Å².